The SMILES string of the molecule is C=C1CCC(N2C(=O)c3cccc(OCC(=O)NCCCCNC(=O)COc4ccccc4[C@@H](CCc4ccc(OC)c(C)c4)OC(=O)[C@@H]4CCCCN4C(=O)[C@@H](CC)c4cc(C)c(C)c(C)c4)c3C2=O)C(=O)N1. The minimum Gasteiger partial charge on any atom is -0.496 e. The molecule has 3 N–H and O–H groups in total. The van der Waals surface area contributed by atoms with Gasteiger partial charge in [-0.05, 0) is 150 Å². The normalized spacial score (nSPS) is 17.2. The number of nitrogens with zero attached hydrogens (tertiary/aromatic N) is 2. The molecular formula is C58H69N5O11. The van der Waals surface area contributed by atoms with Gasteiger partial charge in [0.15, 0.2) is 13.2 Å². The number of unbranched alkanes of at least 4 members (excludes halogenated alkanes) is 1. The lowest BCUT2D eigenvalue weighted by atomic mass is 9.89. The summed E-state index contributed by atoms with van der Waals surface area (Å²) in [4.78, 5) is 96.6. The van der Waals surface area contributed by atoms with Crippen LogP contribution in [-0.4, -0.2) is 103 Å². The van der Waals surface area contributed by atoms with Crippen LogP contribution in [-0.2, 0) is 35.1 Å². The van der Waals surface area contributed by atoms with Crippen molar-refractivity contribution >= 4 is 41.4 Å². The summed E-state index contributed by atoms with van der Waals surface area (Å²) in [5.74, 6) is -2.27. The van der Waals surface area contributed by atoms with Gasteiger partial charge in [0, 0.05) is 30.9 Å². The molecule has 1 unspecified atom stereocenters. The number of carbonyl (C=O) groups excluding carboxylic acids is 7. The highest BCUT2D eigenvalue weighted by atomic mass is 16.5. The first kappa shape index (κ1) is 54.3. The van der Waals surface area contributed by atoms with E-state index in [-0.39, 0.29) is 48.3 Å². The van der Waals surface area contributed by atoms with E-state index in [2.05, 4.69) is 55.4 Å². The average molecular weight is 1010 g/mol. The monoisotopic (exact) mass is 1010 g/mol. The first-order chi connectivity index (χ1) is 35.6. The van der Waals surface area contributed by atoms with E-state index in [0.29, 0.717) is 75.0 Å². The number of piperidine rings is 2. The maximum Gasteiger partial charge on any atom is 0.329 e. The number of methoxy groups -OCH3 is 1. The van der Waals surface area contributed by atoms with Crippen LogP contribution in [0.1, 0.15) is 136 Å². The molecular weight excluding hydrogens is 943 g/mol. The Morgan fingerprint density at radius 1 is 0.784 bits per heavy atom. The molecule has 0 aromatic heterocycles. The minimum absolute atomic E-state index is 0.00844. The molecule has 0 radical (unpaired) electrons. The number of likely N-dealkylation sites (tertiary alicyclic amines) is 1. The van der Waals surface area contributed by atoms with Gasteiger partial charge in [0.1, 0.15) is 35.4 Å². The van der Waals surface area contributed by atoms with E-state index in [4.69, 9.17) is 18.9 Å². The van der Waals surface area contributed by atoms with Crippen LogP contribution in [0, 0.1) is 27.7 Å². The second-order valence-electron chi connectivity index (χ2n) is 19.4. The zero-order valence-electron chi connectivity index (χ0n) is 43.4. The summed E-state index contributed by atoms with van der Waals surface area (Å²) in [7, 11) is 1.63. The lowest BCUT2D eigenvalue weighted by molar-refractivity contribution is -0.162. The largest absolute Gasteiger partial charge is 0.496 e. The Bertz CT molecular complexity index is 2770. The number of rotatable bonds is 22. The van der Waals surface area contributed by atoms with E-state index in [1.807, 2.05) is 44.2 Å². The van der Waals surface area contributed by atoms with Crippen molar-refractivity contribution in [3.8, 4) is 17.2 Å². The van der Waals surface area contributed by atoms with E-state index in [0.717, 1.165) is 51.3 Å². The lowest BCUT2D eigenvalue weighted by Gasteiger charge is -2.37. The third-order valence-corrected chi connectivity index (χ3v) is 14.3. The van der Waals surface area contributed by atoms with Crippen molar-refractivity contribution in [1.29, 1.82) is 0 Å². The second kappa shape index (κ2) is 25.0. The van der Waals surface area contributed by atoms with Crippen LogP contribution in [0.4, 0.5) is 0 Å². The Morgan fingerprint density at radius 3 is 2.12 bits per heavy atom. The van der Waals surface area contributed by atoms with Crippen LogP contribution in [0.15, 0.2) is 85.1 Å². The van der Waals surface area contributed by atoms with Gasteiger partial charge >= 0.3 is 5.97 Å². The van der Waals surface area contributed by atoms with Crippen molar-refractivity contribution in [2.45, 2.75) is 123 Å². The number of aryl methyl sites for hydroxylation is 4. The van der Waals surface area contributed by atoms with Gasteiger partial charge in [0.05, 0.1) is 24.2 Å². The number of esters is 1. The summed E-state index contributed by atoms with van der Waals surface area (Å²) in [6, 6.07) is 20.1. The number of carbonyl (C=O) groups is 7. The highest BCUT2D eigenvalue weighted by molar-refractivity contribution is 6.24. The van der Waals surface area contributed by atoms with E-state index in [1.54, 1.807) is 30.2 Å². The fourth-order valence-electron chi connectivity index (χ4n) is 10.0. The van der Waals surface area contributed by atoms with Crippen LogP contribution in [0.3, 0.4) is 0 Å². The van der Waals surface area contributed by atoms with Crippen molar-refractivity contribution < 1.29 is 52.5 Å². The first-order valence-electron chi connectivity index (χ1n) is 25.7. The standard InChI is InChI=1S/C58H69N5O11/c1-8-42(41-31-35(2)39(6)36(3)32-41)55(67)62-29-14-11-18-46(62)58(70)74-49(26-23-40-22-25-47(71-7)37(4)30-40)43-16-9-10-19-48(43)72-33-51(64)59-27-12-13-28-60-52(65)34-73-50-20-15-17-44-53(50)57(69)63(56(44)68)45-24-21-38(5)61-54(45)66/h9-10,15-17,19-20,22,25,30-32,42,45-46,49H,5,8,11-14,18,21,23-24,26-29,33-34H2,1-4,6-7H3,(H,59,64)(H,60,65)(H,61,66)/t42-,45?,46-,49+/m0/s1. The molecule has 0 saturated carbocycles. The fourth-order valence-corrected chi connectivity index (χ4v) is 10.0. The highest BCUT2D eigenvalue weighted by Gasteiger charge is 2.45. The zero-order valence-corrected chi connectivity index (χ0v) is 43.4. The van der Waals surface area contributed by atoms with E-state index < -0.39 is 60.3 Å². The number of hydrogen-bond donors (Lipinski definition) is 3. The summed E-state index contributed by atoms with van der Waals surface area (Å²) in [5.41, 5.74) is 7.64. The topological polar surface area (TPSA) is 199 Å². The third-order valence-electron chi connectivity index (χ3n) is 14.3. The number of ether oxygens (including phenoxy) is 4. The van der Waals surface area contributed by atoms with Gasteiger partial charge < -0.3 is 39.8 Å². The Hall–Kier alpha value is -7.49. The molecule has 2 saturated heterocycles. The van der Waals surface area contributed by atoms with Crippen molar-refractivity contribution in [2.24, 2.45) is 0 Å². The number of hydrogen-bond acceptors (Lipinski definition) is 11. The molecule has 3 aliphatic rings. The number of nitrogens with one attached hydrogen (secondary N) is 3. The Labute approximate surface area is 433 Å². The van der Waals surface area contributed by atoms with Crippen molar-refractivity contribution in [1.82, 2.24) is 25.8 Å². The van der Waals surface area contributed by atoms with Gasteiger partial charge in [0.25, 0.3) is 23.6 Å². The smallest absolute Gasteiger partial charge is 0.329 e. The molecule has 3 aliphatic heterocycles. The molecule has 4 aromatic carbocycles. The number of allylic oxidation sites excluding steroid dienone is 1. The summed E-state index contributed by atoms with van der Waals surface area (Å²) in [5, 5.41) is 8.23. The fraction of sp³-hybridized carbons (Fsp3) is 0.431. The highest BCUT2D eigenvalue weighted by Crippen LogP contribution is 2.36. The molecule has 0 aliphatic carbocycles. The minimum atomic E-state index is -0.974. The molecule has 4 atom stereocenters. The van der Waals surface area contributed by atoms with Crippen molar-refractivity contribution in [2.75, 3.05) is 40.0 Å². The number of imide groups is 1. The predicted octanol–water partition coefficient (Wildman–Crippen LogP) is 7.58. The summed E-state index contributed by atoms with van der Waals surface area (Å²) in [6.45, 7) is 14.3. The maximum atomic E-state index is 14.5. The van der Waals surface area contributed by atoms with Crippen LogP contribution < -0.4 is 30.2 Å². The molecule has 3 heterocycles. The van der Waals surface area contributed by atoms with Gasteiger partial charge in [-0.3, -0.25) is 33.7 Å². The molecule has 6 amide bonds. The molecule has 0 bridgehead atoms. The Balaban J connectivity index is 0.919. The first-order valence-corrected chi connectivity index (χ1v) is 25.7. The maximum absolute atomic E-state index is 14.5. The van der Waals surface area contributed by atoms with Crippen LogP contribution >= 0.6 is 0 Å². The quantitative estimate of drug-likeness (QED) is 0.0399. The second-order valence-corrected chi connectivity index (χ2v) is 19.4. The number of benzene rings is 4. The molecule has 16 heteroatoms. The number of para-hydroxylation sites is 1. The molecule has 0 spiro atoms. The summed E-state index contributed by atoms with van der Waals surface area (Å²) >= 11 is 0. The van der Waals surface area contributed by atoms with E-state index in [9.17, 15) is 33.6 Å². The summed E-state index contributed by atoms with van der Waals surface area (Å²) in [6.07, 6.45) is 4.60. The van der Waals surface area contributed by atoms with Gasteiger partial charge in [-0.25, -0.2) is 4.79 Å². The van der Waals surface area contributed by atoms with Crippen LogP contribution in [0.5, 0.6) is 17.2 Å². The number of amides is 6. The zero-order chi connectivity index (χ0) is 53.1. The van der Waals surface area contributed by atoms with Gasteiger partial charge in [-0.1, -0.05) is 62.0 Å². The van der Waals surface area contributed by atoms with E-state index >= 15 is 0 Å². The van der Waals surface area contributed by atoms with Crippen LogP contribution in [0.25, 0.3) is 0 Å². The molecule has 7 rings (SSSR count). The van der Waals surface area contributed by atoms with Gasteiger partial charge in [-0.2, -0.15) is 0 Å². The molecule has 392 valence electrons. The van der Waals surface area contributed by atoms with Crippen molar-refractivity contribution in [3.63, 3.8) is 0 Å². The predicted molar refractivity (Wildman–Crippen MR) is 278 cm³/mol. The molecule has 16 nitrogen and oxygen atoms in total. The Kier molecular flexibility index (Phi) is 18.3. The van der Waals surface area contributed by atoms with Gasteiger partial charge in [-0.15, -0.1) is 0 Å². The molecule has 74 heavy (non-hydrogen) atoms. The Morgan fingerprint density at radius 2 is 1.46 bits per heavy atom. The third kappa shape index (κ3) is 12.8. The average Bonchev–Trinajstić information content (AvgIpc) is 3.65. The molecule has 4 aromatic rings. The lowest BCUT2D eigenvalue weighted by Crippen LogP contribution is -2.51. The number of fused-ring (bicyclic) bond motifs is 1. The van der Waals surface area contributed by atoms with E-state index in [1.165, 1.54) is 17.7 Å². The van der Waals surface area contributed by atoms with Crippen LogP contribution in [0.2, 0.25) is 0 Å². The van der Waals surface area contributed by atoms with Crippen molar-refractivity contribution in [3.05, 3.63) is 135 Å². The summed E-state index contributed by atoms with van der Waals surface area (Å²) < 4.78 is 23.8. The molecule has 2 fully saturated rings. The van der Waals surface area contributed by atoms with Gasteiger partial charge in [0.2, 0.25) is 11.8 Å².